The maximum atomic E-state index is 12.6. The molecule has 1 saturated carbocycles. The van der Waals surface area contributed by atoms with Gasteiger partial charge in [-0.2, -0.15) is 18.3 Å². The minimum atomic E-state index is -5.18. The summed E-state index contributed by atoms with van der Waals surface area (Å²) in [6, 6.07) is 1.69. The summed E-state index contributed by atoms with van der Waals surface area (Å²) in [5, 5.41) is 6.69. The van der Waals surface area contributed by atoms with Crippen molar-refractivity contribution >= 4 is 34.6 Å². The number of aromatic amines is 1. The van der Waals surface area contributed by atoms with E-state index in [9.17, 15) is 18.0 Å². The molecule has 0 amide bonds. The van der Waals surface area contributed by atoms with Gasteiger partial charge in [0.2, 0.25) is 5.88 Å². The molecule has 3 aromatic rings. The standard InChI is InChI=1S/C21H21ClF3N7O2/c22-14-11(3-7-27-18(14)34-19(33)21(23,24)25)15-16-17(31-30-15)29-13(10-28-16)32-8-5-20(6-9-32)4-1-2-12(20)26/h3,7,10,12H,1-2,4-6,8-9,26H2,(H,29,30,31)/t12-/m1/s1. The summed E-state index contributed by atoms with van der Waals surface area (Å²) in [5.74, 6) is -2.39. The van der Waals surface area contributed by atoms with Crippen LogP contribution < -0.4 is 15.4 Å². The van der Waals surface area contributed by atoms with E-state index in [0.29, 0.717) is 17.0 Å². The number of nitrogens with two attached hydrogens (primary N) is 1. The van der Waals surface area contributed by atoms with E-state index < -0.39 is 18.0 Å². The third kappa shape index (κ3) is 3.94. The lowest BCUT2D eigenvalue weighted by Gasteiger charge is -2.42. The van der Waals surface area contributed by atoms with E-state index in [1.807, 2.05) is 0 Å². The van der Waals surface area contributed by atoms with Gasteiger partial charge in [0.15, 0.2) is 5.65 Å². The first-order valence-electron chi connectivity index (χ1n) is 10.8. The monoisotopic (exact) mass is 495 g/mol. The molecule has 9 nitrogen and oxygen atoms in total. The fourth-order valence-electron chi connectivity index (χ4n) is 4.92. The maximum Gasteiger partial charge on any atom is 0.491 e. The largest absolute Gasteiger partial charge is 0.491 e. The number of fused-ring (bicyclic) bond motifs is 1. The minimum Gasteiger partial charge on any atom is -0.399 e. The average molecular weight is 496 g/mol. The van der Waals surface area contributed by atoms with Crippen LogP contribution in [0.3, 0.4) is 0 Å². The lowest BCUT2D eigenvalue weighted by molar-refractivity contribution is -0.189. The van der Waals surface area contributed by atoms with Gasteiger partial charge >= 0.3 is 12.1 Å². The van der Waals surface area contributed by atoms with E-state index in [1.54, 1.807) is 6.20 Å². The van der Waals surface area contributed by atoms with Gasteiger partial charge in [0.1, 0.15) is 22.1 Å². The first-order valence-corrected chi connectivity index (χ1v) is 11.2. The van der Waals surface area contributed by atoms with Crippen LogP contribution in [0.4, 0.5) is 19.0 Å². The van der Waals surface area contributed by atoms with E-state index in [0.717, 1.165) is 32.4 Å². The summed E-state index contributed by atoms with van der Waals surface area (Å²) in [4.78, 5) is 26.1. The SMILES string of the molecule is N[C@@H]1CCCC12CCN(c1cnc3c(-c4ccnc(OC(=O)C(F)(F)F)c4Cl)n[nH]c3n1)CC2. The number of hydrogen-bond donors (Lipinski definition) is 2. The highest BCUT2D eigenvalue weighted by atomic mass is 35.5. The molecule has 4 heterocycles. The number of anilines is 1. The molecule has 13 heteroatoms. The smallest absolute Gasteiger partial charge is 0.399 e. The zero-order chi connectivity index (χ0) is 24.1. The molecule has 1 saturated heterocycles. The van der Waals surface area contributed by atoms with Gasteiger partial charge < -0.3 is 15.4 Å². The fourth-order valence-corrected chi connectivity index (χ4v) is 5.16. The third-order valence-electron chi connectivity index (χ3n) is 6.85. The van der Waals surface area contributed by atoms with E-state index >= 15 is 0 Å². The Balaban J connectivity index is 1.39. The number of halogens is 4. The van der Waals surface area contributed by atoms with Gasteiger partial charge in [0.05, 0.1) is 6.20 Å². The number of hydrogen-bond acceptors (Lipinski definition) is 8. The molecular weight excluding hydrogens is 475 g/mol. The number of aromatic nitrogens is 5. The van der Waals surface area contributed by atoms with Crippen molar-refractivity contribution in [2.45, 2.75) is 44.3 Å². The molecule has 1 aliphatic carbocycles. The molecule has 0 radical (unpaired) electrons. The minimum absolute atomic E-state index is 0.199. The van der Waals surface area contributed by atoms with E-state index in [-0.39, 0.29) is 27.7 Å². The van der Waals surface area contributed by atoms with Crippen LogP contribution in [0, 0.1) is 5.41 Å². The van der Waals surface area contributed by atoms with Crippen LogP contribution in [0.2, 0.25) is 5.02 Å². The van der Waals surface area contributed by atoms with Crippen molar-refractivity contribution in [1.82, 2.24) is 25.1 Å². The lowest BCUT2D eigenvalue weighted by Crippen LogP contribution is -2.47. The Morgan fingerprint density at radius 1 is 1.26 bits per heavy atom. The molecule has 2 fully saturated rings. The lowest BCUT2D eigenvalue weighted by atomic mass is 9.74. The number of pyridine rings is 1. The quantitative estimate of drug-likeness (QED) is 0.528. The normalized spacial score (nSPS) is 20.3. The van der Waals surface area contributed by atoms with Crippen LogP contribution in [0.1, 0.15) is 32.1 Å². The topological polar surface area (TPSA) is 123 Å². The van der Waals surface area contributed by atoms with Gasteiger partial charge in [0, 0.05) is 30.9 Å². The average Bonchev–Trinajstić information content (AvgIpc) is 3.38. The molecule has 0 unspecified atom stereocenters. The Morgan fingerprint density at radius 2 is 2.03 bits per heavy atom. The number of carbonyl (C=O) groups excluding carboxylic acids is 1. The number of nitrogens with one attached hydrogen (secondary N) is 1. The van der Waals surface area contributed by atoms with Crippen LogP contribution in [0.15, 0.2) is 18.5 Å². The number of nitrogens with zero attached hydrogens (tertiary/aromatic N) is 5. The molecule has 180 valence electrons. The molecule has 2 aliphatic rings. The summed E-state index contributed by atoms with van der Waals surface area (Å²) in [6.07, 6.45) is 3.06. The van der Waals surface area contributed by atoms with E-state index in [2.05, 4.69) is 34.8 Å². The molecule has 0 bridgehead atoms. The fraction of sp³-hybridized carbons (Fsp3) is 0.476. The predicted molar refractivity (Wildman–Crippen MR) is 117 cm³/mol. The highest BCUT2D eigenvalue weighted by molar-refractivity contribution is 6.35. The Kier molecular flexibility index (Phi) is 5.59. The van der Waals surface area contributed by atoms with Crippen molar-refractivity contribution in [3.8, 4) is 17.1 Å². The van der Waals surface area contributed by atoms with Crippen LogP contribution in [-0.2, 0) is 4.79 Å². The van der Waals surface area contributed by atoms with Crippen LogP contribution in [0.25, 0.3) is 22.4 Å². The first kappa shape index (κ1) is 22.8. The second kappa shape index (κ2) is 8.35. The number of alkyl halides is 3. The van der Waals surface area contributed by atoms with Gasteiger partial charge in [-0.05, 0) is 37.2 Å². The Bertz CT molecular complexity index is 1240. The van der Waals surface area contributed by atoms with Crippen molar-refractivity contribution in [3.63, 3.8) is 0 Å². The van der Waals surface area contributed by atoms with Crippen molar-refractivity contribution in [3.05, 3.63) is 23.5 Å². The van der Waals surface area contributed by atoms with Gasteiger partial charge in [-0.3, -0.25) is 5.10 Å². The molecule has 1 aliphatic heterocycles. The zero-order valence-electron chi connectivity index (χ0n) is 17.9. The number of esters is 1. The Morgan fingerprint density at radius 3 is 2.71 bits per heavy atom. The third-order valence-corrected chi connectivity index (χ3v) is 7.22. The summed E-state index contributed by atoms with van der Waals surface area (Å²) in [6.45, 7) is 1.66. The molecule has 3 N–H and O–H groups in total. The molecular formula is C21H21ClF3N7O2. The first-order chi connectivity index (χ1) is 16.2. The number of carbonyl (C=O) groups is 1. The van der Waals surface area contributed by atoms with Crippen molar-refractivity contribution in [1.29, 1.82) is 0 Å². The van der Waals surface area contributed by atoms with Gasteiger partial charge in [-0.25, -0.2) is 19.7 Å². The summed E-state index contributed by atoms with van der Waals surface area (Å²) in [7, 11) is 0. The number of piperidine rings is 1. The van der Waals surface area contributed by atoms with Crippen LogP contribution in [-0.4, -0.2) is 56.4 Å². The zero-order valence-corrected chi connectivity index (χ0v) is 18.7. The molecule has 3 aromatic heterocycles. The van der Waals surface area contributed by atoms with Crippen LogP contribution in [0.5, 0.6) is 5.88 Å². The molecule has 1 atom stereocenters. The number of ether oxygens (including phenoxy) is 1. The van der Waals surface area contributed by atoms with Gasteiger partial charge in [-0.1, -0.05) is 18.0 Å². The van der Waals surface area contributed by atoms with Crippen molar-refractivity contribution in [2.75, 3.05) is 18.0 Å². The van der Waals surface area contributed by atoms with E-state index in [1.165, 1.54) is 25.1 Å². The maximum absolute atomic E-state index is 12.6. The molecule has 5 rings (SSSR count). The second-order valence-electron chi connectivity index (χ2n) is 8.71. The van der Waals surface area contributed by atoms with Crippen LogP contribution >= 0.6 is 11.6 Å². The number of H-pyrrole nitrogens is 1. The summed E-state index contributed by atoms with van der Waals surface area (Å²) >= 11 is 6.19. The summed E-state index contributed by atoms with van der Waals surface area (Å²) in [5.41, 5.74) is 7.81. The highest BCUT2D eigenvalue weighted by Crippen LogP contribution is 2.46. The molecule has 34 heavy (non-hydrogen) atoms. The van der Waals surface area contributed by atoms with E-state index in [4.69, 9.17) is 17.3 Å². The predicted octanol–water partition coefficient (Wildman–Crippen LogP) is 3.63. The van der Waals surface area contributed by atoms with Crippen molar-refractivity contribution < 1.29 is 22.7 Å². The molecule has 0 aromatic carbocycles. The number of rotatable bonds is 3. The van der Waals surface area contributed by atoms with Crippen molar-refractivity contribution in [2.24, 2.45) is 11.1 Å². The Labute approximate surface area is 196 Å². The molecule has 1 spiro atoms. The van der Waals surface area contributed by atoms with Gasteiger partial charge in [0.25, 0.3) is 0 Å². The van der Waals surface area contributed by atoms with Gasteiger partial charge in [-0.15, -0.1) is 0 Å². The second-order valence-corrected chi connectivity index (χ2v) is 9.09. The summed E-state index contributed by atoms with van der Waals surface area (Å²) < 4.78 is 42.0. The highest BCUT2D eigenvalue weighted by Gasteiger charge is 2.43. The Hall–Kier alpha value is -2.99.